The molecule has 3 atom stereocenters. The molecular weight excluding hydrogens is 138 g/mol. The van der Waals surface area contributed by atoms with E-state index in [1.54, 1.807) is 0 Å². The van der Waals surface area contributed by atoms with Crippen molar-refractivity contribution in [2.24, 2.45) is 5.92 Å². The quantitative estimate of drug-likeness (QED) is 0.544. The van der Waals surface area contributed by atoms with Crippen LogP contribution in [0.4, 0.5) is 0 Å². The van der Waals surface area contributed by atoms with Gasteiger partial charge in [0.1, 0.15) is 0 Å². The molecular formula is C9H17NO. The van der Waals surface area contributed by atoms with E-state index in [-0.39, 0.29) is 6.10 Å². The van der Waals surface area contributed by atoms with Gasteiger partial charge in [-0.15, -0.1) is 0 Å². The van der Waals surface area contributed by atoms with Crippen LogP contribution in [0.5, 0.6) is 0 Å². The van der Waals surface area contributed by atoms with E-state index in [1.807, 2.05) is 0 Å². The molecule has 0 aromatic rings. The van der Waals surface area contributed by atoms with Crippen LogP contribution in [0, 0.1) is 5.92 Å². The largest absolute Gasteiger partial charge is 0.393 e. The van der Waals surface area contributed by atoms with Crippen LogP contribution >= 0.6 is 0 Å². The lowest BCUT2D eigenvalue weighted by molar-refractivity contribution is 0.0446. The van der Waals surface area contributed by atoms with Crippen molar-refractivity contribution < 1.29 is 5.11 Å². The summed E-state index contributed by atoms with van der Waals surface area (Å²) >= 11 is 0. The molecule has 0 amide bonds. The van der Waals surface area contributed by atoms with Crippen LogP contribution in [0.15, 0.2) is 0 Å². The van der Waals surface area contributed by atoms with Gasteiger partial charge in [-0.25, -0.2) is 0 Å². The summed E-state index contributed by atoms with van der Waals surface area (Å²) in [5, 5.41) is 13.2. The van der Waals surface area contributed by atoms with E-state index < -0.39 is 0 Å². The lowest BCUT2D eigenvalue weighted by Gasteiger charge is -2.36. The van der Waals surface area contributed by atoms with E-state index in [1.165, 1.54) is 25.7 Å². The Morgan fingerprint density at radius 2 is 2.00 bits per heavy atom. The Hall–Kier alpha value is -0.0800. The van der Waals surface area contributed by atoms with Crippen LogP contribution < -0.4 is 5.32 Å². The van der Waals surface area contributed by atoms with Gasteiger partial charge < -0.3 is 10.4 Å². The topological polar surface area (TPSA) is 32.3 Å². The Bertz CT molecular complexity index is 134. The predicted octanol–water partition coefficient (Wildman–Crippen LogP) is 0.899. The minimum atomic E-state index is -0.0125. The van der Waals surface area contributed by atoms with Crippen LogP contribution in [0.1, 0.15) is 32.1 Å². The first kappa shape index (κ1) is 7.56. The summed E-state index contributed by atoms with van der Waals surface area (Å²) in [6, 6.07) is 0.613. The first-order valence-corrected chi connectivity index (χ1v) is 4.78. The fourth-order valence-corrected chi connectivity index (χ4v) is 2.33. The minimum absolute atomic E-state index is 0.0125. The number of rotatable bonds is 0. The van der Waals surface area contributed by atoms with Crippen LogP contribution in [0.25, 0.3) is 0 Å². The molecule has 2 heterocycles. The summed E-state index contributed by atoms with van der Waals surface area (Å²) in [6.45, 7) is 1.05. The second-order valence-electron chi connectivity index (χ2n) is 3.95. The molecule has 0 aromatic carbocycles. The molecule has 11 heavy (non-hydrogen) atoms. The van der Waals surface area contributed by atoms with Gasteiger partial charge in [0.2, 0.25) is 0 Å². The highest BCUT2D eigenvalue weighted by Gasteiger charge is 2.29. The Labute approximate surface area is 68.0 Å². The summed E-state index contributed by atoms with van der Waals surface area (Å²) in [4.78, 5) is 0. The maximum Gasteiger partial charge on any atom is 0.0595 e. The van der Waals surface area contributed by atoms with Crippen molar-refractivity contribution >= 4 is 0 Å². The van der Waals surface area contributed by atoms with Gasteiger partial charge in [0, 0.05) is 12.6 Å². The van der Waals surface area contributed by atoms with Gasteiger partial charge in [-0.2, -0.15) is 0 Å². The van der Waals surface area contributed by atoms with Crippen molar-refractivity contribution in [3.05, 3.63) is 0 Å². The van der Waals surface area contributed by atoms with Gasteiger partial charge in [-0.05, 0) is 25.2 Å². The molecule has 2 heteroatoms. The zero-order valence-corrected chi connectivity index (χ0v) is 6.92. The van der Waals surface area contributed by atoms with Crippen LogP contribution in [-0.4, -0.2) is 23.8 Å². The standard InChI is InChI=1S/C9H17NO/c11-9-5-8-4-2-1-3-7(9)6-10-8/h7-11H,1-6H2. The molecule has 2 saturated heterocycles. The molecule has 1 saturated carbocycles. The fraction of sp³-hybridized carbons (Fsp3) is 1.00. The molecule has 3 rings (SSSR count). The monoisotopic (exact) mass is 155 g/mol. The maximum atomic E-state index is 9.66. The molecule has 1 aliphatic carbocycles. The number of aliphatic hydroxyl groups excluding tert-OH is 1. The Balaban J connectivity index is 2.01. The highest BCUT2D eigenvalue weighted by molar-refractivity contribution is 4.86. The normalized spacial score (nSPS) is 45.0. The third-order valence-electron chi connectivity index (χ3n) is 3.12. The van der Waals surface area contributed by atoms with E-state index in [4.69, 9.17) is 0 Å². The van der Waals surface area contributed by atoms with Crippen LogP contribution in [0.3, 0.4) is 0 Å². The zero-order valence-electron chi connectivity index (χ0n) is 6.92. The van der Waals surface area contributed by atoms with E-state index in [2.05, 4.69) is 5.32 Å². The van der Waals surface area contributed by atoms with E-state index in [0.717, 1.165) is 13.0 Å². The van der Waals surface area contributed by atoms with E-state index >= 15 is 0 Å². The van der Waals surface area contributed by atoms with Gasteiger partial charge in [0.05, 0.1) is 6.10 Å². The lowest BCUT2D eigenvalue weighted by Crippen LogP contribution is -2.47. The average Bonchev–Trinajstić information content (AvgIpc) is 1.92. The first-order valence-electron chi connectivity index (χ1n) is 4.78. The third-order valence-corrected chi connectivity index (χ3v) is 3.12. The Morgan fingerprint density at radius 3 is 2.82 bits per heavy atom. The minimum Gasteiger partial charge on any atom is -0.393 e. The van der Waals surface area contributed by atoms with Crippen molar-refractivity contribution in [2.45, 2.75) is 44.2 Å². The maximum absolute atomic E-state index is 9.66. The molecule has 3 unspecified atom stereocenters. The van der Waals surface area contributed by atoms with Crippen molar-refractivity contribution in [1.82, 2.24) is 5.32 Å². The van der Waals surface area contributed by atoms with Crippen molar-refractivity contribution in [1.29, 1.82) is 0 Å². The average molecular weight is 155 g/mol. The Kier molecular flexibility index (Phi) is 2.14. The molecule has 0 spiro atoms. The number of hydrogen-bond donors (Lipinski definition) is 2. The molecule has 0 aromatic heterocycles. The number of fused-ring (bicyclic) bond motifs is 5. The van der Waals surface area contributed by atoms with Crippen LogP contribution in [0.2, 0.25) is 0 Å². The Morgan fingerprint density at radius 1 is 1.18 bits per heavy atom. The molecule has 2 N–H and O–H groups in total. The van der Waals surface area contributed by atoms with Gasteiger partial charge in [0.25, 0.3) is 0 Å². The zero-order chi connectivity index (χ0) is 7.68. The second-order valence-corrected chi connectivity index (χ2v) is 3.95. The first-order chi connectivity index (χ1) is 5.36. The summed E-state index contributed by atoms with van der Waals surface area (Å²) < 4.78 is 0. The van der Waals surface area contributed by atoms with Gasteiger partial charge in [-0.1, -0.05) is 12.8 Å². The molecule has 3 aliphatic rings. The summed E-state index contributed by atoms with van der Waals surface area (Å²) in [5.41, 5.74) is 0. The fourth-order valence-electron chi connectivity index (χ4n) is 2.33. The summed E-state index contributed by atoms with van der Waals surface area (Å²) in [5.74, 6) is 0.548. The lowest BCUT2D eigenvalue weighted by atomic mass is 9.83. The highest BCUT2D eigenvalue weighted by Crippen LogP contribution is 2.26. The van der Waals surface area contributed by atoms with Gasteiger partial charge in [0.15, 0.2) is 0 Å². The number of hydrogen-bond acceptors (Lipinski definition) is 2. The molecule has 2 bridgehead atoms. The molecule has 2 nitrogen and oxygen atoms in total. The van der Waals surface area contributed by atoms with E-state index in [9.17, 15) is 5.11 Å². The SMILES string of the molecule is OC1CC2CCCCC1CN2. The smallest absolute Gasteiger partial charge is 0.0595 e. The van der Waals surface area contributed by atoms with Crippen LogP contribution in [-0.2, 0) is 0 Å². The number of piperidine rings is 1. The second kappa shape index (κ2) is 3.11. The molecule has 2 aliphatic heterocycles. The molecule has 64 valence electrons. The van der Waals surface area contributed by atoms with Crippen molar-refractivity contribution in [2.75, 3.05) is 6.54 Å². The summed E-state index contributed by atoms with van der Waals surface area (Å²) in [7, 11) is 0. The number of aliphatic hydroxyl groups is 1. The number of nitrogens with one attached hydrogen (secondary N) is 1. The van der Waals surface area contributed by atoms with Gasteiger partial charge in [-0.3, -0.25) is 0 Å². The molecule has 3 fully saturated rings. The summed E-state index contributed by atoms with van der Waals surface area (Å²) in [6.07, 6.45) is 6.14. The highest BCUT2D eigenvalue weighted by atomic mass is 16.3. The van der Waals surface area contributed by atoms with E-state index in [0.29, 0.717) is 12.0 Å². The van der Waals surface area contributed by atoms with Gasteiger partial charge >= 0.3 is 0 Å². The predicted molar refractivity (Wildman–Crippen MR) is 44.4 cm³/mol. The third kappa shape index (κ3) is 1.57. The van der Waals surface area contributed by atoms with Crippen molar-refractivity contribution in [3.63, 3.8) is 0 Å². The van der Waals surface area contributed by atoms with Crippen molar-refractivity contribution in [3.8, 4) is 0 Å². The molecule has 0 radical (unpaired) electrons.